The fourth-order valence-electron chi connectivity index (χ4n) is 3.93. The van der Waals surface area contributed by atoms with E-state index in [1.165, 1.54) is 10.6 Å². The Morgan fingerprint density at radius 1 is 1.07 bits per heavy atom. The molecule has 0 saturated carbocycles. The van der Waals surface area contributed by atoms with E-state index >= 15 is 0 Å². The molecule has 0 aliphatic carbocycles. The van der Waals surface area contributed by atoms with Gasteiger partial charge in [0.05, 0.1) is 22.6 Å². The normalized spacial score (nSPS) is 13.8. The number of alkyl halides is 2. The van der Waals surface area contributed by atoms with Gasteiger partial charge in [0.15, 0.2) is 0 Å². The highest BCUT2D eigenvalue weighted by molar-refractivity contribution is 7.97. The van der Waals surface area contributed by atoms with Crippen molar-refractivity contribution >= 4 is 39.9 Å². The van der Waals surface area contributed by atoms with Crippen molar-refractivity contribution < 1.29 is 13.5 Å². The first kappa shape index (κ1) is 20.5. The van der Waals surface area contributed by atoms with Crippen LogP contribution in [0.2, 0.25) is 0 Å². The van der Waals surface area contributed by atoms with Crippen LogP contribution in [0.15, 0.2) is 46.1 Å². The predicted octanol–water partition coefficient (Wildman–Crippen LogP) is 4.00. The van der Waals surface area contributed by atoms with Gasteiger partial charge in [0, 0.05) is 55.2 Å². The first-order valence-corrected chi connectivity index (χ1v) is 10.3. The van der Waals surface area contributed by atoms with Crippen LogP contribution in [-0.4, -0.2) is 31.3 Å². The molecule has 0 amide bonds. The summed E-state index contributed by atoms with van der Waals surface area (Å²) in [6.45, 7) is 0.166. The maximum Gasteiger partial charge on any atom is 0.387 e. The largest absolute Gasteiger partial charge is 0.435 e. The van der Waals surface area contributed by atoms with E-state index in [9.17, 15) is 13.6 Å². The molecule has 3 aromatic rings. The van der Waals surface area contributed by atoms with Crippen molar-refractivity contribution in [2.24, 2.45) is 12.2 Å². The van der Waals surface area contributed by atoms with E-state index in [0.717, 1.165) is 40.1 Å². The summed E-state index contributed by atoms with van der Waals surface area (Å²) in [6.07, 6.45) is 0. The van der Waals surface area contributed by atoms with Gasteiger partial charge in [-0.3, -0.25) is 9.93 Å². The minimum Gasteiger partial charge on any atom is -0.435 e. The molecule has 9 heteroatoms. The Hall–Kier alpha value is -2.78. The molecule has 0 spiro atoms. The van der Waals surface area contributed by atoms with Gasteiger partial charge in [-0.2, -0.15) is 8.78 Å². The lowest BCUT2D eigenvalue weighted by Gasteiger charge is -2.38. The van der Waals surface area contributed by atoms with Gasteiger partial charge in [-0.25, -0.2) is 0 Å². The molecule has 158 valence electrons. The number of ether oxygens (including phenoxy) is 1. The van der Waals surface area contributed by atoms with Crippen LogP contribution < -0.4 is 25.2 Å². The number of fused-ring (bicyclic) bond motifs is 2. The van der Waals surface area contributed by atoms with Crippen molar-refractivity contribution in [3.8, 4) is 5.75 Å². The number of benzene rings is 2. The third kappa shape index (κ3) is 3.48. The second-order valence-electron chi connectivity index (χ2n) is 7.29. The Bertz CT molecular complexity index is 1180. The molecule has 1 aliphatic heterocycles. The minimum atomic E-state index is -2.96. The molecular formula is C21H22F2N4O2S. The van der Waals surface area contributed by atoms with Crippen LogP contribution >= 0.6 is 11.9 Å². The SMILES string of the molecule is Cc1cc2c(N3CCN(C)c4ccc(SN)cc43)cc(OC(F)F)cc2n(C)c1=O. The lowest BCUT2D eigenvalue weighted by Crippen LogP contribution is -2.36. The van der Waals surface area contributed by atoms with E-state index < -0.39 is 6.61 Å². The lowest BCUT2D eigenvalue weighted by atomic mass is 10.1. The monoisotopic (exact) mass is 432 g/mol. The summed E-state index contributed by atoms with van der Waals surface area (Å²) in [7, 11) is 3.64. The maximum absolute atomic E-state index is 13.0. The molecule has 0 bridgehead atoms. The molecule has 2 N–H and O–H groups in total. The van der Waals surface area contributed by atoms with Crippen molar-refractivity contribution in [1.82, 2.24) is 4.57 Å². The number of rotatable bonds is 4. The van der Waals surface area contributed by atoms with Crippen molar-refractivity contribution in [1.29, 1.82) is 0 Å². The van der Waals surface area contributed by atoms with E-state index in [4.69, 9.17) is 9.88 Å². The first-order chi connectivity index (χ1) is 14.3. The Balaban J connectivity index is 2.01. The van der Waals surface area contributed by atoms with Crippen molar-refractivity contribution in [3.05, 3.63) is 52.3 Å². The zero-order chi connectivity index (χ0) is 21.6. The van der Waals surface area contributed by atoms with Crippen molar-refractivity contribution in [3.63, 3.8) is 0 Å². The number of nitrogens with two attached hydrogens (primary N) is 1. The average molecular weight is 432 g/mol. The molecule has 1 aliphatic rings. The van der Waals surface area contributed by atoms with E-state index in [2.05, 4.69) is 9.80 Å². The van der Waals surface area contributed by atoms with Crippen LogP contribution in [0.3, 0.4) is 0 Å². The molecule has 2 aromatic carbocycles. The Kier molecular flexibility index (Phi) is 5.33. The highest BCUT2D eigenvalue weighted by Crippen LogP contribution is 2.43. The predicted molar refractivity (Wildman–Crippen MR) is 117 cm³/mol. The molecule has 30 heavy (non-hydrogen) atoms. The second-order valence-corrected chi connectivity index (χ2v) is 7.99. The maximum atomic E-state index is 13.0. The number of aryl methyl sites for hydroxylation is 2. The van der Waals surface area contributed by atoms with Crippen LogP contribution in [0.25, 0.3) is 10.9 Å². The van der Waals surface area contributed by atoms with Gasteiger partial charge in [-0.05, 0) is 43.1 Å². The lowest BCUT2D eigenvalue weighted by molar-refractivity contribution is -0.0497. The zero-order valence-electron chi connectivity index (χ0n) is 16.9. The fourth-order valence-corrected chi connectivity index (χ4v) is 4.25. The molecule has 1 aromatic heterocycles. The number of nitrogens with zero attached hydrogens (tertiary/aromatic N) is 3. The van der Waals surface area contributed by atoms with Crippen LogP contribution in [0.5, 0.6) is 5.75 Å². The number of pyridine rings is 1. The number of hydrogen-bond donors (Lipinski definition) is 1. The number of halogens is 2. The highest BCUT2D eigenvalue weighted by atomic mass is 32.2. The topological polar surface area (TPSA) is 63.7 Å². The minimum absolute atomic E-state index is 0.0104. The number of hydrogen-bond acceptors (Lipinski definition) is 6. The van der Waals surface area contributed by atoms with Gasteiger partial charge in [0.25, 0.3) is 5.56 Å². The average Bonchev–Trinajstić information content (AvgIpc) is 2.72. The third-order valence-electron chi connectivity index (χ3n) is 5.43. The van der Waals surface area contributed by atoms with Crippen LogP contribution in [0, 0.1) is 6.92 Å². The summed E-state index contributed by atoms with van der Waals surface area (Å²) >= 11 is 1.15. The molecule has 2 heterocycles. The van der Waals surface area contributed by atoms with Gasteiger partial charge in [0.2, 0.25) is 0 Å². The zero-order valence-corrected chi connectivity index (χ0v) is 17.7. The van der Waals surface area contributed by atoms with Gasteiger partial charge in [-0.1, -0.05) is 0 Å². The summed E-state index contributed by atoms with van der Waals surface area (Å²) in [6, 6.07) is 10.8. The molecule has 0 saturated heterocycles. The molecule has 0 fully saturated rings. The summed E-state index contributed by atoms with van der Waals surface area (Å²) in [5.74, 6) is 0.0104. The van der Waals surface area contributed by atoms with E-state index in [1.54, 1.807) is 26.1 Å². The van der Waals surface area contributed by atoms with E-state index in [-0.39, 0.29) is 11.3 Å². The molecule has 4 rings (SSSR count). The second kappa shape index (κ2) is 7.81. The van der Waals surface area contributed by atoms with E-state index in [1.807, 2.05) is 25.2 Å². The molecule has 0 unspecified atom stereocenters. The standard InChI is InChI=1S/C21H22F2N4O2S/c1-12-8-15-17(26(3)20(12)28)9-13(29-21(22)23)10-18(15)27-7-6-25(2)16-5-4-14(30-24)11-19(16)27/h4-5,8-11,21H,6-7,24H2,1-3H3. The van der Waals surface area contributed by atoms with Crippen LogP contribution in [0.1, 0.15) is 5.56 Å². The van der Waals surface area contributed by atoms with Gasteiger partial charge in [0.1, 0.15) is 5.75 Å². The number of aromatic nitrogens is 1. The van der Waals surface area contributed by atoms with Crippen molar-refractivity contribution in [2.75, 3.05) is 29.9 Å². The first-order valence-electron chi connectivity index (χ1n) is 9.39. The molecule has 0 atom stereocenters. The Morgan fingerprint density at radius 3 is 2.53 bits per heavy atom. The number of anilines is 3. The van der Waals surface area contributed by atoms with Gasteiger partial charge < -0.3 is 19.1 Å². The summed E-state index contributed by atoms with van der Waals surface area (Å²) in [5, 5.41) is 6.56. The van der Waals surface area contributed by atoms with Crippen LogP contribution in [-0.2, 0) is 7.05 Å². The van der Waals surface area contributed by atoms with E-state index in [0.29, 0.717) is 23.3 Å². The molecule has 0 radical (unpaired) electrons. The van der Waals surface area contributed by atoms with Crippen molar-refractivity contribution in [2.45, 2.75) is 18.4 Å². The summed E-state index contributed by atoms with van der Waals surface area (Å²) in [5.41, 5.74) is 3.56. The quantitative estimate of drug-likeness (QED) is 0.629. The highest BCUT2D eigenvalue weighted by Gasteiger charge is 2.25. The van der Waals surface area contributed by atoms with Gasteiger partial charge in [-0.15, -0.1) is 0 Å². The Morgan fingerprint density at radius 2 is 1.83 bits per heavy atom. The Labute approximate surface area is 177 Å². The van der Waals surface area contributed by atoms with Gasteiger partial charge >= 0.3 is 6.61 Å². The fraction of sp³-hybridized carbons (Fsp3) is 0.286. The van der Waals surface area contributed by atoms with Crippen LogP contribution in [0.4, 0.5) is 25.8 Å². The summed E-state index contributed by atoms with van der Waals surface area (Å²) in [4.78, 5) is 17.6. The smallest absolute Gasteiger partial charge is 0.387 e. The molecule has 6 nitrogen and oxygen atoms in total. The summed E-state index contributed by atoms with van der Waals surface area (Å²) < 4.78 is 32.2. The third-order valence-corrected chi connectivity index (χ3v) is 5.96. The number of likely N-dealkylation sites (N-methyl/N-ethyl adjacent to an activating group) is 1. The molecular weight excluding hydrogens is 410 g/mol.